The van der Waals surface area contributed by atoms with Gasteiger partial charge in [0.25, 0.3) is 0 Å². The van der Waals surface area contributed by atoms with Crippen LogP contribution in [-0.2, 0) is 22.7 Å². The molecule has 36 heavy (non-hydrogen) atoms. The Morgan fingerprint density at radius 2 is 1.89 bits per heavy atom. The predicted molar refractivity (Wildman–Crippen MR) is 132 cm³/mol. The smallest absolute Gasteiger partial charge is 0.333 e. The Morgan fingerprint density at radius 3 is 2.58 bits per heavy atom. The van der Waals surface area contributed by atoms with Crippen molar-refractivity contribution < 1.29 is 23.2 Å². The van der Waals surface area contributed by atoms with Crippen LogP contribution in [-0.4, -0.2) is 82.0 Å². The van der Waals surface area contributed by atoms with Crippen molar-refractivity contribution in [1.29, 1.82) is 0 Å². The highest BCUT2D eigenvalue weighted by Crippen LogP contribution is 2.29. The van der Waals surface area contributed by atoms with Gasteiger partial charge in [-0.2, -0.15) is 11.8 Å². The average Bonchev–Trinajstić information content (AvgIpc) is 2.85. The average molecular weight is 518 g/mol. The van der Waals surface area contributed by atoms with E-state index in [2.05, 4.69) is 5.32 Å². The van der Waals surface area contributed by atoms with Crippen LogP contribution in [0.4, 0.5) is 13.6 Å². The number of urea groups is 1. The Kier molecular flexibility index (Phi) is 8.10. The summed E-state index contributed by atoms with van der Waals surface area (Å²) in [5.74, 6) is -1.39. The van der Waals surface area contributed by atoms with Crippen LogP contribution in [0.5, 0.6) is 0 Å². The summed E-state index contributed by atoms with van der Waals surface area (Å²) in [5.41, 5.74) is 1.08. The van der Waals surface area contributed by atoms with Crippen molar-refractivity contribution in [2.24, 2.45) is 0 Å². The van der Waals surface area contributed by atoms with Gasteiger partial charge in [-0.15, -0.1) is 0 Å². The van der Waals surface area contributed by atoms with Crippen LogP contribution >= 0.6 is 11.8 Å². The molecule has 2 unspecified atom stereocenters. The first kappa shape index (κ1) is 25.9. The molecule has 2 fully saturated rings. The van der Waals surface area contributed by atoms with Gasteiger partial charge in [0.15, 0.2) is 0 Å². The van der Waals surface area contributed by atoms with E-state index in [1.807, 2.05) is 36.6 Å². The minimum absolute atomic E-state index is 0.000253. The molecule has 4 amide bonds. The molecule has 1 N–H and O–H groups in total. The number of hydrogen-bond donors (Lipinski definition) is 1. The van der Waals surface area contributed by atoms with E-state index < -0.39 is 29.9 Å². The molecule has 2 heterocycles. The molecule has 0 aliphatic carbocycles. The highest BCUT2D eigenvalue weighted by Gasteiger charge is 2.50. The molecular formula is C25H29F2N5O3S. The number of nitrogens with zero attached hydrogens (tertiary/aromatic N) is 4. The van der Waals surface area contributed by atoms with Crippen LogP contribution in [0.15, 0.2) is 48.5 Å². The molecule has 2 aliphatic heterocycles. The van der Waals surface area contributed by atoms with Gasteiger partial charge in [-0.3, -0.25) is 9.59 Å². The number of amides is 4. The Hall–Kier alpha value is -3.18. The number of nitrogens with one attached hydrogen (secondary N) is 1. The molecule has 0 bridgehead atoms. The van der Waals surface area contributed by atoms with Crippen LogP contribution in [0.3, 0.4) is 0 Å². The number of fused-ring (bicyclic) bond motifs is 1. The van der Waals surface area contributed by atoms with Crippen molar-refractivity contribution in [2.45, 2.75) is 31.7 Å². The van der Waals surface area contributed by atoms with E-state index in [9.17, 15) is 23.2 Å². The molecule has 0 aromatic heterocycles. The number of hydrogen-bond acceptors (Lipinski definition) is 5. The van der Waals surface area contributed by atoms with Gasteiger partial charge in [-0.05, 0) is 30.1 Å². The number of carbonyl (C=O) groups is 3. The quantitative estimate of drug-likeness (QED) is 0.611. The van der Waals surface area contributed by atoms with E-state index in [0.717, 1.165) is 17.7 Å². The molecule has 8 nitrogen and oxygen atoms in total. The summed E-state index contributed by atoms with van der Waals surface area (Å²) in [6, 6.07) is 11.5. The minimum atomic E-state index is -0.787. The monoisotopic (exact) mass is 517 g/mol. The predicted octanol–water partition coefficient (Wildman–Crippen LogP) is 2.66. The van der Waals surface area contributed by atoms with Crippen molar-refractivity contribution in [1.82, 2.24) is 25.1 Å². The number of piperazine rings is 1. The molecule has 11 heteroatoms. The SMILES string of the molecule is CSCCC1C(=O)N(Cc2ccc(F)cc2F)CC2N1C(=O)CN(C)N2C(=O)NCc1ccccc1. The lowest BCUT2D eigenvalue weighted by atomic mass is 10.0. The zero-order valence-corrected chi connectivity index (χ0v) is 21.0. The van der Waals surface area contributed by atoms with Crippen LogP contribution in [0, 0.1) is 11.6 Å². The van der Waals surface area contributed by atoms with Gasteiger partial charge in [0.2, 0.25) is 11.8 Å². The topological polar surface area (TPSA) is 76.2 Å². The van der Waals surface area contributed by atoms with Crippen molar-refractivity contribution >= 4 is 29.6 Å². The third-order valence-corrected chi connectivity index (χ3v) is 7.05. The van der Waals surface area contributed by atoms with Crippen LogP contribution < -0.4 is 5.32 Å². The molecular weight excluding hydrogens is 488 g/mol. The maximum absolute atomic E-state index is 14.4. The van der Waals surface area contributed by atoms with Gasteiger partial charge < -0.3 is 15.1 Å². The van der Waals surface area contributed by atoms with Crippen LogP contribution in [0.1, 0.15) is 17.5 Å². The molecule has 4 rings (SSSR count). The fourth-order valence-corrected chi connectivity index (χ4v) is 5.12. The first-order chi connectivity index (χ1) is 17.3. The maximum atomic E-state index is 14.4. The Morgan fingerprint density at radius 1 is 1.14 bits per heavy atom. The standard InChI is InChI=1S/C25H29F2N5O3S/c1-29-16-23(33)31-21(10-11-36-2)24(34)30(14-18-8-9-19(26)12-20(18)27)15-22(31)32(29)25(35)28-13-17-6-4-3-5-7-17/h3-9,12,21-22H,10-11,13-16H2,1-2H3,(H,28,35). The Bertz CT molecular complexity index is 1120. The number of hydrazine groups is 1. The number of rotatable bonds is 7. The summed E-state index contributed by atoms with van der Waals surface area (Å²) in [6.07, 6.45) is 1.54. The molecule has 192 valence electrons. The van der Waals surface area contributed by atoms with E-state index in [1.54, 1.807) is 23.8 Å². The third kappa shape index (κ3) is 5.46. The van der Waals surface area contributed by atoms with E-state index in [1.165, 1.54) is 20.9 Å². The number of benzene rings is 2. The van der Waals surface area contributed by atoms with E-state index >= 15 is 0 Å². The van der Waals surface area contributed by atoms with Crippen molar-refractivity contribution in [3.63, 3.8) is 0 Å². The molecule has 2 atom stereocenters. The first-order valence-corrected chi connectivity index (χ1v) is 13.0. The highest BCUT2D eigenvalue weighted by atomic mass is 32.2. The first-order valence-electron chi connectivity index (χ1n) is 11.6. The number of carbonyl (C=O) groups excluding carboxylic acids is 3. The molecule has 2 aliphatic rings. The van der Waals surface area contributed by atoms with Gasteiger partial charge in [-0.1, -0.05) is 36.4 Å². The molecule has 2 aromatic rings. The number of likely N-dealkylation sites (N-methyl/N-ethyl adjacent to an activating group) is 1. The largest absolute Gasteiger partial charge is 0.334 e. The summed E-state index contributed by atoms with van der Waals surface area (Å²) in [4.78, 5) is 42.9. The third-order valence-electron chi connectivity index (χ3n) is 6.41. The lowest BCUT2D eigenvalue weighted by Gasteiger charge is -2.54. The molecule has 0 radical (unpaired) electrons. The maximum Gasteiger partial charge on any atom is 0.334 e. The van der Waals surface area contributed by atoms with Crippen LogP contribution in [0.2, 0.25) is 0 Å². The second kappa shape index (κ2) is 11.3. The highest BCUT2D eigenvalue weighted by molar-refractivity contribution is 7.98. The second-order valence-electron chi connectivity index (χ2n) is 8.84. The summed E-state index contributed by atoms with van der Waals surface area (Å²) in [5, 5.41) is 5.89. The van der Waals surface area contributed by atoms with Gasteiger partial charge in [0, 0.05) is 31.8 Å². The molecule has 2 aromatic carbocycles. The lowest BCUT2D eigenvalue weighted by molar-refractivity contribution is -0.187. The Balaban J connectivity index is 1.61. The minimum Gasteiger partial charge on any atom is -0.333 e. The normalized spacial score (nSPS) is 20.5. The van der Waals surface area contributed by atoms with Gasteiger partial charge in [-0.25, -0.2) is 23.6 Å². The summed E-state index contributed by atoms with van der Waals surface area (Å²) >= 11 is 1.55. The molecule has 0 saturated carbocycles. The fraction of sp³-hybridized carbons (Fsp3) is 0.400. The zero-order valence-electron chi connectivity index (χ0n) is 20.2. The lowest BCUT2D eigenvalue weighted by Crippen LogP contribution is -2.75. The van der Waals surface area contributed by atoms with Crippen molar-refractivity contribution in [3.05, 3.63) is 71.3 Å². The Labute approximate surface area is 213 Å². The van der Waals surface area contributed by atoms with Crippen molar-refractivity contribution in [2.75, 3.05) is 32.1 Å². The summed E-state index contributed by atoms with van der Waals surface area (Å²) in [7, 11) is 1.65. The molecule has 0 spiro atoms. The van der Waals surface area contributed by atoms with E-state index in [-0.39, 0.29) is 37.0 Å². The fourth-order valence-electron chi connectivity index (χ4n) is 4.66. The van der Waals surface area contributed by atoms with E-state index in [0.29, 0.717) is 18.7 Å². The zero-order chi connectivity index (χ0) is 25.8. The van der Waals surface area contributed by atoms with Crippen LogP contribution in [0.25, 0.3) is 0 Å². The van der Waals surface area contributed by atoms with Gasteiger partial charge in [0.1, 0.15) is 23.8 Å². The van der Waals surface area contributed by atoms with E-state index in [4.69, 9.17) is 0 Å². The van der Waals surface area contributed by atoms with Gasteiger partial charge in [0.05, 0.1) is 13.1 Å². The van der Waals surface area contributed by atoms with Crippen molar-refractivity contribution in [3.8, 4) is 0 Å². The number of halogens is 2. The summed E-state index contributed by atoms with van der Waals surface area (Å²) in [6.45, 7) is 0.150. The second-order valence-corrected chi connectivity index (χ2v) is 9.82. The summed E-state index contributed by atoms with van der Waals surface area (Å²) < 4.78 is 27.9. The van der Waals surface area contributed by atoms with Gasteiger partial charge >= 0.3 is 6.03 Å². The number of thioether (sulfide) groups is 1. The molecule has 2 saturated heterocycles.